The summed E-state index contributed by atoms with van der Waals surface area (Å²) in [5, 5.41) is 8.45. The fourth-order valence-corrected chi connectivity index (χ4v) is 8.16. The van der Waals surface area contributed by atoms with Crippen LogP contribution in [0, 0.1) is 0 Å². The average molecular weight is 604 g/mol. The summed E-state index contributed by atoms with van der Waals surface area (Å²) in [4.78, 5) is 10.7. The zero-order chi connectivity index (χ0) is 30.2. The van der Waals surface area contributed by atoms with Crippen LogP contribution in [0.25, 0.3) is 92.0 Å². The van der Waals surface area contributed by atoms with E-state index in [9.17, 15) is 0 Å². The fraction of sp³-hybridized carbons (Fsp3) is 0. The first-order chi connectivity index (χ1) is 22.8. The van der Waals surface area contributed by atoms with Crippen LogP contribution in [-0.4, -0.2) is 14.5 Å². The number of thiophene rings is 1. The van der Waals surface area contributed by atoms with Crippen molar-refractivity contribution in [2.45, 2.75) is 0 Å². The lowest BCUT2D eigenvalue weighted by atomic mass is 10.0. The molecule has 0 aliphatic rings. The van der Waals surface area contributed by atoms with Gasteiger partial charge in [-0.15, -0.1) is 11.3 Å². The topological polar surface area (TPSA) is 30.7 Å². The van der Waals surface area contributed by atoms with E-state index in [4.69, 9.17) is 9.97 Å². The maximum absolute atomic E-state index is 5.42. The van der Waals surface area contributed by atoms with Gasteiger partial charge in [0, 0.05) is 41.9 Å². The Bertz CT molecular complexity index is 2810. The molecule has 3 nitrogen and oxygen atoms in total. The standard InChI is InChI=1S/C42H25N3S/c1-2-10-26(11-3-1)28-18-21-33-37(25-28)45(36-22-19-27-12-4-5-13-30(27)40(33)36)42-43-35-16-8-6-15-32(35)41(44-42)29-20-23-39-34(24-29)31-14-7-9-17-38(31)46-39/h1-25H. The molecule has 0 atom stereocenters. The number of hydrogen-bond acceptors (Lipinski definition) is 3. The molecule has 0 saturated carbocycles. The van der Waals surface area contributed by atoms with Crippen LogP contribution in [0.2, 0.25) is 0 Å². The summed E-state index contributed by atoms with van der Waals surface area (Å²) < 4.78 is 4.85. The van der Waals surface area contributed by atoms with Gasteiger partial charge in [-0.05, 0) is 58.3 Å². The second-order valence-electron chi connectivity index (χ2n) is 11.8. The van der Waals surface area contributed by atoms with Crippen molar-refractivity contribution in [1.82, 2.24) is 14.5 Å². The summed E-state index contributed by atoms with van der Waals surface area (Å²) in [7, 11) is 0. The minimum absolute atomic E-state index is 0.671. The Labute approximate surface area is 268 Å². The number of benzene rings is 7. The highest BCUT2D eigenvalue weighted by molar-refractivity contribution is 7.25. The SMILES string of the molecule is c1ccc(-c2ccc3c4c5ccccc5ccc4n(-c4nc(-c5ccc6sc7ccccc7c6c5)c5ccccc5n4)c3c2)cc1. The Kier molecular flexibility index (Phi) is 5.45. The molecule has 214 valence electrons. The number of nitrogens with zero attached hydrogens (tertiary/aromatic N) is 3. The van der Waals surface area contributed by atoms with Crippen molar-refractivity contribution in [3.8, 4) is 28.3 Å². The molecular weight excluding hydrogens is 579 g/mol. The predicted octanol–water partition coefficient (Wildman–Crippen LogP) is 11.6. The molecule has 0 N–H and O–H groups in total. The van der Waals surface area contributed by atoms with Crippen LogP contribution in [0.3, 0.4) is 0 Å². The Morgan fingerprint density at radius 2 is 1.17 bits per heavy atom. The van der Waals surface area contributed by atoms with Crippen LogP contribution in [-0.2, 0) is 0 Å². The highest BCUT2D eigenvalue weighted by atomic mass is 32.1. The lowest BCUT2D eigenvalue weighted by Crippen LogP contribution is -2.03. The molecule has 0 aliphatic carbocycles. The van der Waals surface area contributed by atoms with Crippen LogP contribution in [0.4, 0.5) is 0 Å². The molecule has 10 rings (SSSR count). The third kappa shape index (κ3) is 3.77. The Hall–Kier alpha value is -5.84. The van der Waals surface area contributed by atoms with Crippen molar-refractivity contribution in [3.05, 3.63) is 152 Å². The van der Waals surface area contributed by atoms with Gasteiger partial charge >= 0.3 is 0 Å². The molecule has 10 aromatic rings. The van der Waals surface area contributed by atoms with Crippen LogP contribution < -0.4 is 0 Å². The van der Waals surface area contributed by atoms with Crippen LogP contribution in [0.5, 0.6) is 0 Å². The molecule has 46 heavy (non-hydrogen) atoms. The summed E-state index contributed by atoms with van der Waals surface area (Å²) in [5.74, 6) is 0.671. The van der Waals surface area contributed by atoms with Gasteiger partial charge in [-0.25, -0.2) is 9.97 Å². The molecule has 0 saturated heterocycles. The van der Waals surface area contributed by atoms with Crippen LogP contribution >= 0.6 is 11.3 Å². The molecule has 0 aliphatic heterocycles. The maximum atomic E-state index is 5.42. The molecule has 0 radical (unpaired) electrons. The Balaban J connectivity index is 1.30. The van der Waals surface area contributed by atoms with E-state index in [1.165, 1.54) is 47.3 Å². The third-order valence-electron chi connectivity index (χ3n) is 9.20. The third-order valence-corrected chi connectivity index (χ3v) is 10.4. The second kappa shape index (κ2) is 9.83. The molecular formula is C42H25N3S. The van der Waals surface area contributed by atoms with Crippen molar-refractivity contribution in [2.75, 3.05) is 0 Å². The Morgan fingerprint density at radius 1 is 0.435 bits per heavy atom. The molecule has 0 fully saturated rings. The van der Waals surface area contributed by atoms with Gasteiger partial charge < -0.3 is 0 Å². The monoisotopic (exact) mass is 603 g/mol. The fourth-order valence-electron chi connectivity index (χ4n) is 7.07. The first-order valence-corrected chi connectivity index (χ1v) is 16.3. The molecule has 0 spiro atoms. The molecule has 0 amide bonds. The zero-order valence-electron chi connectivity index (χ0n) is 24.7. The van der Waals surface area contributed by atoms with E-state index in [1.807, 2.05) is 11.3 Å². The summed E-state index contributed by atoms with van der Waals surface area (Å²) in [6, 6.07) is 54.2. The highest BCUT2D eigenvalue weighted by Gasteiger charge is 2.20. The van der Waals surface area contributed by atoms with Crippen LogP contribution in [0.1, 0.15) is 0 Å². The number of fused-ring (bicyclic) bond motifs is 9. The predicted molar refractivity (Wildman–Crippen MR) is 195 cm³/mol. The van der Waals surface area contributed by atoms with E-state index >= 15 is 0 Å². The van der Waals surface area contributed by atoms with Crippen LogP contribution in [0.15, 0.2) is 152 Å². The summed E-state index contributed by atoms with van der Waals surface area (Å²) in [6.45, 7) is 0. The van der Waals surface area contributed by atoms with Gasteiger partial charge in [0.1, 0.15) is 0 Å². The van der Waals surface area contributed by atoms with Gasteiger partial charge in [-0.3, -0.25) is 4.57 Å². The highest BCUT2D eigenvalue weighted by Crippen LogP contribution is 2.40. The molecule has 0 unspecified atom stereocenters. The number of aromatic nitrogens is 3. The summed E-state index contributed by atoms with van der Waals surface area (Å²) in [6.07, 6.45) is 0. The summed E-state index contributed by atoms with van der Waals surface area (Å²) in [5.41, 5.74) is 7.49. The lowest BCUT2D eigenvalue weighted by molar-refractivity contribution is 1.01. The van der Waals surface area contributed by atoms with Crippen molar-refractivity contribution >= 4 is 75.0 Å². The quantitative estimate of drug-likeness (QED) is 0.201. The van der Waals surface area contributed by atoms with Crippen molar-refractivity contribution in [3.63, 3.8) is 0 Å². The van der Waals surface area contributed by atoms with E-state index in [0.717, 1.165) is 38.8 Å². The molecule has 3 aromatic heterocycles. The van der Waals surface area contributed by atoms with Gasteiger partial charge in [0.15, 0.2) is 0 Å². The largest absolute Gasteiger partial charge is 0.278 e. The lowest BCUT2D eigenvalue weighted by Gasteiger charge is -2.12. The number of rotatable bonds is 3. The van der Waals surface area contributed by atoms with Crippen molar-refractivity contribution < 1.29 is 0 Å². The first kappa shape index (κ1) is 25.5. The maximum Gasteiger partial charge on any atom is 0.235 e. The van der Waals surface area contributed by atoms with E-state index in [-0.39, 0.29) is 0 Å². The summed E-state index contributed by atoms with van der Waals surface area (Å²) >= 11 is 1.84. The van der Waals surface area contributed by atoms with E-state index in [1.54, 1.807) is 0 Å². The zero-order valence-corrected chi connectivity index (χ0v) is 25.5. The van der Waals surface area contributed by atoms with Gasteiger partial charge in [0.25, 0.3) is 0 Å². The number of hydrogen-bond donors (Lipinski definition) is 0. The normalized spacial score (nSPS) is 11.9. The van der Waals surface area contributed by atoms with Gasteiger partial charge in [-0.1, -0.05) is 115 Å². The Morgan fingerprint density at radius 3 is 2.09 bits per heavy atom. The van der Waals surface area contributed by atoms with E-state index in [0.29, 0.717) is 5.95 Å². The second-order valence-corrected chi connectivity index (χ2v) is 12.9. The van der Waals surface area contributed by atoms with Gasteiger partial charge in [0.2, 0.25) is 5.95 Å². The van der Waals surface area contributed by atoms with Crippen molar-refractivity contribution in [1.29, 1.82) is 0 Å². The van der Waals surface area contributed by atoms with Crippen molar-refractivity contribution in [2.24, 2.45) is 0 Å². The minimum Gasteiger partial charge on any atom is -0.278 e. The average Bonchev–Trinajstić information content (AvgIpc) is 3.66. The molecule has 3 heterocycles. The molecule has 7 aromatic carbocycles. The first-order valence-electron chi connectivity index (χ1n) is 15.5. The smallest absolute Gasteiger partial charge is 0.235 e. The van der Waals surface area contributed by atoms with E-state index in [2.05, 4.69) is 156 Å². The molecule has 0 bridgehead atoms. The van der Waals surface area contributed by atoms with Gasteiger partial charge in [-0.2, -0.15) is 0 Å². The van der Waals surface area contributed by atoms with Gasteiger partial charge in [0.05, 0.1) is 22.2 Å². The van der Waals surface area contributed by atoms with E-state index < -0.39 is 0 Å². The number of para-hydroxylation sites is 1. The molecule has 4 heteroatoms. The minimum atomic E-state index is 0.671.